The van der Waals surface area contributed by atoms with Gasteiger partial charge in [0.2, 0.25) is 0 Å². The third-order valence-electron chi connectivity index (χ3n) is 2.51. The molecule has 0 saturated heterocycles. The maximum absolute atomic E-state index is 5.49. The van der Waals surface area contributed by atoms with Crippen LogP contribution in [0.1, 0.15) is 19.3 Å². The van der Waals surface area contributed by atoms with E-state index < -0.39 is 0 Å². The minimum atomic E-state index is 0.933. The lowest BCUT2D eigenvalue weighted by atomic mass is 10.2. The van der Waals surface area contributed by atoms with Gasteiger partial charge in [-0.1, -0.05) is 0 Å². The first-order valence-corrected chi connectivity index (χ1v) is 3.62. The Hall–Kier alpha value is -0.0400. The van der Waals surface area contributed by atoms with Crippen LogP contribution in [-0.4, -0.2) is 6.54 Å². The van der Waals surface area contributed by atoms with Crippen molar-refractivity contribution in [1.82, 2.24) is 0 Å². The Kier molecular flexibility index (Phi) is 0.884. The van der Waals surface area contributed by atoms with Crippen molar-refractivity contribution >= 4 is 0 Å². The summed E-state index contributed by atoms with van der Waals surface area (Å²) in [6, 6.07) is 0. The van der Waals surface area contributed by atoms with E-state index in [1.165, 1.54) is 19.3 Å². The first-order chi connectivity index (χ1) is 3.92. The van der Waals surface area contributed by atoms with Gasteiger partial charge in [0.1, 0.15) is 0 Å². The van der Waals surface area contributed by atoms with Crippen LogP contribution in [0.5, 0.6) is 0 Å². The quantitative estimate of drug-likeness (QED) is 0.565. The highest BCUT2D eigenvalue weighted by Crippen LogP contribution is 2.53. The van der Waals surface area contributed by atoms with Crippen LogP contribution in [0.4, 0.5) is 0 Å². The fourth-order valence-corrected chi connectivity index (χ4v) is 1.64. The number of hydrogen-bond donors (Lipinski definition) is 1. The van der Waals surface area contributed by atoms with E-state index in [1.54, 1.807) is 0 Å². The zero-order valence-corrected chi connectivity index (χ0v) is 5.14. The van der Waals surface area contributed by atoms with Gasteiger partial charge < -0.3 is 5.73 Å². The molecule has 2 rings (SSSR count). The molecule has 0 bridgehead atoms. The lowest BCUT2D eigenvalue weighted by molar-refractivity contribution is 0.633. The Morgan fingerprint density at radius 3 is 2.50 bits per heavy atom. The zero-order valence-electron chi connectivity index (χ0n) is 5.14. The molecule has 0 aromatic rings. The van der Waals surface area contributed by atoms with Crippen molar-refractivity contribution in [2.24, 2.45) is 23.5 Å². The second kappa shape index (κ2) is 1.47. The van der Waals surface area contributed by atoms with Crippen LogP contribution in [0, 0.1) is 17.8 Å². The Labute approximate surface area is 50.3 Å². The molecule has 46 valence electrons. The molecule has 0 radical (unpaired) electrons. The molecule has 0 spiro atoms. The maximum Gasteiger partial charge on any atom is -0.00460 e. The molecule has 0 unspecified atom stereocenters. The fourth-order valence-electron chi connectivity index (χ4n) is 1.64. The summed E-state index contributed by atoms with van der Waals surface area (Å²) in [5, 5.41) is 0. The average molecular weight is 111 g/mol. The predicted octanol–water partition coefficient (Wildman–Crippen LogP) is 0.991. The van der Waals surface area contributed by atoms with Crippen molar-refractivity contribution in [3.05, 3.63) is 0 Å². The number of hydrogen-bond acceptors (Lipinski definition) is 1. The molecule has 0 amide bonds. The third-order valence-corrected chi connectivity index (χ3v) is 2.51. The summed E-state index contributed by atoms with van der Waals surface area (Å²) in [5.74, 6) is 3.12. The minimum Gasteiger partial charge on any atom is -0.330 e. The van der Waals surface area contributed by atoms with E-state index in [2.05, 4.69) is 0 Å². The van der Waals surface area contributed by atoms with Crippen LogP contribution in [0.15, 0.2) is 0 Å². The van der Waals surface area contributed by atoms with E-state index in [4.69, 9.17) is 5.73 Å². The third kappa shape index (κ3) is 0.655. The Balaban J connectivity index is 1.79. The van der Waals surface area contributed by atoms with E-state index >= 15 is 0 Å². The lowest BCUT2D eigenvalue weighted by Crippen LogP contribution is -2.02. The molecule has 0 aromatic heterocycles. The summed E-state index contributed by atoms with van der Waals surface area (Å²) in [6.07, 6.45) is 4.45. The van der Waals surface area contributed by atoms with Crippen LogP contribution in [0.2, 0.25) is 0 Å². The molecule has 2 saturated carbocycles. The van der Waals surface area contributed by atoms with Gasteiger partial charge in [0.25, 0.3) is 0 Å². The molecule has 0 aliphatic heterocycles. The molecular formula is C7H13N. The summed E-state index contributed by atoms with van der Waals surface area (Å²) in [5.41, 5.74) is 5.49. The topological polar surface area (TPSA) is 26.0 Å². The molecule has 1 heteroatoms. The van der Waals surface area contributed by atoms with Crippen LogP contribution < -0.4 is 5.73 Å². The standard InChI is InChI=1S/C7H13N/c8-4-6-3-7(6)5-1-2-5/h5-7H,1-4,8H2/t6-,7+/m1/s1. The average Bonchev–Trinajstić information content (AvgIpc) is 2.62. The maximum atomic E-state index is 5.49. The zero-order chi connectivity index (χ0) is 5.56. The van der Waals surface area contributed by atoms with Crippen LogP contribution in [0.3, 0.4) is 0 Å². The van der Waals surface area contributed by atoms with Gasteiger partial charge >= 0.3 is 0 Å². The van der Waals surface area contributed by atoms with E-state index in [0.29, 0.717) is 0 Å². The summed E-state index contributed by atoms with van der Waals surface area (Å²) in [7, 11) is 0. The van der Waals surface area contributed by atoms with Crippen molar-refractivity contribution in [2.75, 3.05) is 6.54 Å². The van der Waals surface area contributed by atoms with Crippen molar-refractivity contribution in [3.8, 4) is 0 Å². The van der Waals surface area contributed by atoms with Crippen molar-refractivity contribution in [1.29, 1.82) is 0 Å². The minimum absolute atomic E-state index is 0.933. The molecule has 2 aliphatic rings. The highest BCUT2D eigenvalue weighted by molar-refractivity contribution is 4.96. The van der Waals surface area contributed by atoms with E-state index in [1.807, 2.05) is 0 Å². The van der Waals surface area contributed by atoms with Crippen LogP contribution >= 0.6 is 0 Å². The number of rotatable bonds is 2. The van der Waals surface area contributed by atoms with Gasteiger partial charge in [-0.2, -0.15) is 0 Å². The van der Waals surface area contributed by atoms with Gasteiger partial charge in [-0.05, 0) is 43.6 Å². The smallest absolute Gasteiger partial charge is 0.00460 e. The van der Waals surface area contributed by atoms with Crippen LogP contribution in [-0.2, 0) is 0 Å². The molecule has 8 heavy (non-hydrogen) atoms. The van der Waals surface area contributed by atoms with E-state index in [-0.39, 0.29) is 0 Å². The van der Waals surface area contributed by atoms with E-state index in [0.717, 1.165) is 24.3 Å². The molecule has 0 aromatic carbocycles. The lowest BCUT2D eigenvalue weighted by Gasteiger charge is -1.88. The highest BCUT2D eigenvalue weighted by atomic mass is 14.6. The summed E-state index contributed by atoms with van der Waals surface area (Å²) < 4.78 is 0. The normalized spacial score (nSPS) is 44.6. The van der Waals surface area contributed by atoms with Gasteiger partial charge in [-0.25, -0.2) is 0 Å². The predicted molar refractivity (Wildman–Crippen MR) is 33.4 cm³/mol. The second-order valence-corrected chi connectivity index (χ2v) is 3.23. The molecule has 1 nitrogen and oxygen atoms in total. The van der Waals surface area contributed by atoms with Gasteiger partial charge in [0.05, 0.1) is 0 Å². The Morgan fingerprint density at radius 2 is 2.12 bits per heavy atom. The van der Waals surface area contributed by atoms with Crippen molar-refractivity contribution in [3.63, 3.8) is 0 Å². The Bertz CT molecular complexity index is 96.6. The largest absolute Gasteiger partial charge is 0.330 e. The van der Waals surface area contributed by atoms with Gasteiger partial charge in [-0.15, -0.1) is 0 Å². The van der Waals surface area contributed by atoms with Gasteiger partial charge in [0, 0.05) is 0 Å². The fraction of sp³-hybridized carbons (Fsp3) is 1.00. The second-order valence-electron chi connectivity index (χ2n) is 3.23. The summed E-state index contributed by atoms with van der Waals surface area (Å²) >= 11 is 0. The molecule has 0 heterocycles. The first-order valence-electron chi connectivity index (χ1n) is 3.62. The van der Waals surface area contributed by atoms with Crippen LogP contribution in [0.25, 0.3) is 0 Å². The molecule has 2 N–H and O–H groups in total. The monoisotopic (exact) mass is 111 g/mol. The molecule has 2 fully saturated rings. The van der Waals surface area contributed by atoms with E-state index in [9.17, 15) is 0 Å². The van der Waals surface area contributed by atoms with Crippen molar-refractivity contribution < 1.29 is 0 Å². The Morgan fingerprint density at radius 1 is 1.38 bits per heavy atom. The van der Waals surface area contributed by atoms with Gasteiger partial charge in [-0.3, -0.25) is 0 Å². The molecule has 2 aliphatic carbocycles. The summed E-state index contributed by atoms with van der Waals surface area (Å²) in [4.78, 5) is 0. The molecule has 2 atom stereocenters. The van der Waals surface area contributed by atoms with Gasteiger partial charge in [0.15, 0.2) is 0 Å². The number of nitrogens with two attached hydrogens (primary N) is 1. The first kappa shape index (κ1) is 4.80. The molecular weight excluding hydrogens is 98.1 g/mol. The SMILES string of the molecule is NC[C@H]1C[C@H]1C1CC1. The highest BCUT2D eigenvalue weighted by Gasteiger charge is 2.46. The van der Waals surface area contributed by atoms with Crippen molar-refractivity contribution in [2.45, 2.75) is 19.3 Å². The summed E-state index contributed by atoms with van der Waals surface area (Å²) in [6.45, 7) is 0.946.